The summed E-state index contributed by atoms with van der Waals surface area (Å²) in [5.41, 5.74) is 1.05. The highest BCUT2D eigenvalue weighted by atomic mass is 32.3. The van der Waals surface area contributed by atoms with Crippen LogP contribution in [-0.4, -0.2) is 92.5 Å². The van der Waals surface area contributed by atoms with Gasteiger partial charge in [0.25, 0.3) is 0 Å². The van der Waals surface area contributed by atoms with Crippen LogP contribution >= 0.6 is 0 Å². The third kappa shape index (κ3) is 9.69. The molecule has 16 heteroatoms. The van der Waals surface area contributed by atoms with Crippen molar-refractivity contribution in [3.05, 3.63) is 54.6 Å². The molecule has 2 aliphatic rings. The molecule has 40 heavy (non-hydrogen) atoms. The van der Waals surface area contributed by atoms with Crippen molar-refractivity contribution in [2.75, 3.05) is 19.8 Å². The van der Waals surface area contributed by atoms with Gasteiger partial charge >= 0.3 is 20.8 Å². The Balaban J connectivity index is 1.54. The summed E-state index contributed by atoms with van der Waals surface area (Å²) in [4.78, 5) is 12.9. The van der Waals surface area contributed by atoms with Crippen LogP contribution in [0, 0.1) is 17.8 Å². The molecule has 224 valence electrons. The quantitative estimate of drug-likeness (QED) is 0.115. The molecule has 1 saturated heterocycles. The fraction of sp³-hybridized carbons (Fsp3) is 0.542. The van der Waals surface area contributed by atoms with Gasteiger partial charge in [-0.2, -0.15) is 16.8 Å². The SMILES string of the molecule is C=CC1CC(/C=C\c2ccccc2)CC1C(=O)NCCO[C@@H]1O[C@H](COS(=O)(=O)O)[C@H](O)[C@H](OS(=O)(=O)O)[C@H]1O. The predicted molar refractivity (Wildman–Crippen MR) is 139 cm³/mol. The van der Waals surface area contributed by atoms with Crippen molar-refractivity contribution in [3.8, 4) is 0 Å². The average Bonchev–Trinajstić information content (AvgIpc) is 3.31. The van der Waals surface area contributed by atoms with Gasteiger partial charge in [0.15, 0.2) is 6.29 Å². The number of aliphatic hydroxyl groups excluding tert-OH is 2. The van der Waals surface area contributed by atoms with E-state index in [1.165, 1.54) is 0 Å². The number of amides is 1. The van der Waals surface area contributed by atoms with Gasteiger partial charge in [-0.25, -0.2) is 8.37 Å². The lowest BCUT2D eigenvalue weighted by atomic mass is 9.95. The molecule has 8 atom stereocenters. The standard InChI is InChI=1S/C24H33NO13S2/c1-2-17-12-16(9-8-15-6-4-3-5-7-15)13-18(17)23(28)25-10-11-35-24-21(27)22(38-40(32,33)34)20(26)19(37-24)14-36-39(29,30)31/h2-9,16-22,24,26-27H,1,10-14H2,(H,25,28)(H,29,30,31)(H,32,33,34)/b9-8-/t16?,17?,18?,19-,20+,21-,22+,24-/m1/s1. The van der Waals surface area contributed by atoms with E-state index in [4.69, 9.17) is 18.6 Å². The fourth-order valence-electron chi connectivity index (χ4n) is 4.71. The number of aliphatic hydroxyl groups is 2. The van der Waals surface area contributed by atoms with Gasteiger partial charge in [0.2, 0.25) is 5.91 Å². The van der Waals surface area contributed by atoms with Crippen molar-refractivity contribution >= 4 is 32.8 Å². The Bertz CT molecular complexity index is 1240. The minimum atomic E-state index is -5.17. The van der Waals surface area contributed by atoms with Crippen LogP contribution in [-0.2, 0) is 43.4 Å². The van der Waals surface area contributed by atoms with Crippen molar-refractivity contribution in [2.45, 2.75) is 43.5 Å². The van der Waals surface area contributed by atoms with E-state index in [1.807, 2.05) is 36.4 Å². The molecule has 3 rings (SSSR count). The number of allylic oxidation sites excluding steroid dienone is 2. The molecule has 2 fully saturated rings. The average molecular weight is 608 g/mol. The summed E-state index contributed by atoms with van der Waals surface area (Å²) >= 11 is 0. The molecular formula is C24H33NO13S2. The van der Waals surface area contributed by atoms with Crippen LogP contribution in [0.15, 0.2) is 49.1 Å². The van der Waals surface area contributed by atoms with Gasteiger partial charge in [-0.05, 0) is 30.2 Å². The molecule has 0 aromatic heterocycles. The monoisotopic (exact) mass is 607 g/mol. The van der Waals surface area contributed by atoms with Crippen molar-refractivity contribution in [3.63, 3.8) is 0 Å². The van der Waals surface area contributed by atoms with E-state index in [2.05, 4.69) is 26.3 Å². The maximum Gasteiger partial charge on any atom is 0.397 e. The number of hydrogen-bond acceptors (Lipinski definition) is 11. The molecule has 1 aromatic rings. The molecule has 1 aliphatic carbocycles. The molecule has 1 amide bonds. The van der Waals surface area contributed by atoms with Gasteiger partial charge in [0.05, 0.1) is 13.2 Å². The number of rotatable bonds is 13. The van der Waals surface area contributed by atoms with Gasteiger partial charge < -0.3 is 25.0 Å². The maximum absolute atomic E-state index is 12.9. The molecule has 1 saturated carbocycles. The van der Waals surface area contributed by atoms with E-state index in [-0.39, 0.29) is 36.8 Å². The van der Waals surface area contributed by atoms with Crippen LogP contribution < -0.4 is 5.32 Å². The molecule has 5 N–H and O–H groups in total. The third-order valence-corrected chi connectivity index (χ3v) is 7.49. The Labute approximate surface area is 232 Å². The second-order valence-corrected chi connectivity index (χ2v) is 11.5. The van der Waals surface area contributed by atoms with Crippen LogP contribution in [0.5, 0.6) is 0 Å². The zero-order valence-electron chi connectivity index (χ0n) is 21.3. The van der Waals surface area contributed by atoms with Gasteiger partial charge in [0, 0.05) is 12.5 Å². The van der Waals surface area contributed by atoms with Crippen molar-refractivity contribution in [1.29, 1.82) is 0 Å². The zero-order valence-corrected chi connectivity index (χ0v) is 22.9. The first-order chi connectivity index (χ1) is 18.8. The lowest BCUT2D eigenvalue weighted by Gasteiger charge is -2.41. The number of benzene rings is 1. The van der Waals surface area contributed by atoms with E-state index >= 15 is 0 Å². The number of hydrogen-bond donors (Lipinski definition) is 5. The van der Waals surface area contributed by atoms with Crippen LogP contribution in [0.1, 0.15) is 18.4 Å². The van der Waals surface area contributed by atoms with E-state index < -0.39 is 58.1 Å². The first-order valence-corrected chi connectivity index (χ1v) is 15.0. The summed E-state index contributed by atoms with van der Waals surface area (Å²) in [6, 6.07) is 9.77. The van der Waals surface area contributed by atoms with E-state index in [0.717, 1.165) is 12.0 Å². The van der Waals surface area contributed by atoms with Crippen molar-refractivity contribution in [2.24, 2.45) is 17.8 Å². The second kappa shape index (κ2) is 14.1. The lowest BCUT2D eigenvalue weighted by molar-refractivity contribution is -0.295. The fourth-order valence-corrected chi connectivity index (χ4v) is 5.52. The summed E-state index contributed by atoms with van der Waals surface area (Å²) < 4.78 is 81.0. The van der Waals surface area contributed by atoms with Crippen LogP contribution in [0.3, 0.4) is 0 Å². The topological polar surface area (TPSA) is 215 Å². The highest BCUT2D eigenvalue weighted by Crippen LogP contribution is 2.38. The maximum atomic E-state index is 12.9. The summed E-state index contributed by atoms with van der Waals surface area (Å²) in [5.74, 6) is -0.437. The molecule has 3 unspecified atom stereocenters. The summed E-state index contributed by atoms with van der Waals surface area (Å²) in [6.07, 6.45) is -2.17. The highest BCUT2D eigenvalue weighted by molar-refractivity contribution is 7.81. The van der Waals surface area contributed by atoms with E-state index in [9.17, 15) is 31.8 Å². The summed E-state index contributed by atoms with van der Waals surface area (Å²) in [5, 5.41) is 23.4. The molecule has 1 heterocycles. The third-order valence-electron chi connectivity index (χ3n) is 6.59. The predicted octanol–water partition coefficient (Wildman–Crippen LogP) is 0.115. The lowest BCUT2D eigenvalue weighted by Crippen LogP contribution is -2.61. The molecule has 0 spiro atoms. The Morgan fingerprint density at radius 3 is 2.40 bits per heavy atom. The normalized spacial score (nSPS) is 31.3. The van der Waals surface area contributed by atoms with Gasteiger partial charge in [-0.3, -0.25) is 13.9 Å². The first kappa shape index (κ1) is 32.3. The number of nitrogens with one attached hydrogen (secondary N) is 1. The van der Waals surface area contributed by atoms with Gasteiger partial charge in [-0.15, -0.1) is 6.58 Å². The zero-order chi connectivity index (χ0) is 29.5. The highest BCUT2D eigenvalue weighted by Gasteiger charge is 2.48. The Morgan fingerprint density at radius 1 is 1.07 bits per heavy atom. The smallest absolute Gasteiger partial charge is 0.387 e. The van der Waals surface area contributed by atoms with Crippen LogP contribution in [0.2, 0.25) is 0 Å². The largest absolute Gasteiger partial charge is 0.397 e. The Morgan fingerprint density at radius 2 is 1.77 bits per heavy atom. The van der Waals surface area contributed by atoms with Crippen molar-refractivity contribution < 1.29 is 58.8 Å². The molecule has 1 aromatic carbocycles. The van der Waals surface area contributed by atoms with E-state index in [1.54, 1.807) is 6.08 Å². The number of carbonyl (C=O) groups excluding carboxylic acids is 1. The van der Waals surface area contributed by atoms with Gasteiger partial charge in [-0.1, -0.05) is 48.6 Å². The molecule has 14 nitrogen and oxygen atoms in total. The number of ether oxygens (including phenoxy) is 2. The minimum Gasteiger partial charge on any atom is -0.387 e. The molecule has 0 radical (unpaired) electrons. The van der Waals surface area contributed by atoms with Crippen LogP contribution in [0.4, 0.5) is 0 Å². The minimum absolute atomic E-state index is 0.0433. The first-order valence-electron chi connectivity index (χ1n) is 12.3. The van der Waals surface area contributed by atoms with E-state index in [0.29, 0.717) is 6.42 Å². The van der Waals surface area contributed by atoms with Crippen LogP contribution in [0.25, 0.3) is 6.08 Å². The summed E-state index contributed by atoms with van der Waals surface area (Å²) in [6.45, 7) is 2.54. The summed E-state index contributed by atoms with van der Waals surface area (Å²) in [7, 11) is -10.1. The molecule has 1 aliphatic heterocycles. The van der Waals surface area contributed by atoms with Crippen molar-refractivity contribution in [1.82, 2.24) is 5.32 Å². The Kier molecular flexibility index (Phi) is 11.4. The molecular weight excluding hydrogens is 574 g/mol. The second-order valence-electron chi connectivity index (χ2n) is 9.39. The number of carbonyl (C=O) groups is 1. The molecule has 0 bridgehead atoms. The van der Waals surface area contributed by atoms with Gasteiger partial charge in [0.1, 0.15) is 24.4 Å². The Hall–Kier alpha value is -2.25.